The Hall–Kier alpha value is -0.770. The highest BCUT2D eigenvalue weighted by atomic mass is 16.5. The van der Waals surface area contributed by atoms with Crippen molar-refractivity contribution >= 4 is 6.09 Å². The number of nitrogens with zero attached hydrogens (tertiary/aromatic N) is 1. The van der Waals surface area contributed by atoms with E-state index in [4.69, 9.17) is 4.74 Å². The molecule has 0 saturated carbocycles. The fraction of sp³-hybridized carbons (Fsp3) is 0.889. The third-order valence-electron chi connectivity index (χ3n) is 2.27. The summed E-state index contributed by atoms with van der Waals surface area (Å²) in [4.78, 5) is 12.9. The van der Waals surface area contributed by atoms with Crippen LogP contribution in [0.25, 0.3) is 0 Å². The van der Waals surface area contributed by atoms with Crippen LogP contribution in [-0.2, 0) is 9.47 Å². The molecule has 0 aromatic rings. The van der Waals surface area contributed by atoms with Gasteiger partial charge in [-0.15, -0.1) is 0 Å². The molecule has 0 aromatic heterocycles. The molecule has 0 N–H and O–H groups in total. The summed E-state index contributed by atoms with van der Waals surface area (Å²) >= 11 is 0. The van der Waals surface area contributed by atoms with E-state index in [-0.39, 0.29) is 11.7 Å². The SMILES string of the molecule is COC(=O)N1CCOC(C)(C)CC1. The van der Waals surface area contributed by atoms with Crippen LogP contribution in [0, 0.1) is 0 Å². The summed E-state index contributed by atoms with van der Waals surface area (Å²) in [6, 6.07) is 0. The Labute approximate surface area is 78.8 Å². The van der Waals surface area contributed by atoms with Gasteiger partial charge in [-0.05, 0) is 20.3 Å². The van der Waals surface area contributed by atoms with Crippen LogP contribution in [0.2, 0.25) is 0 Å². The standard InChI is InChI=1S/C9H17NO3/c1-9(2)4-5-10(6-7-13-9)8(11)12-3/h4-7H2,1-3H3. The summed E-state index contributed by atoms with van der Waals surface area (Å²) < 4.78 is 10.2. The zero-order chi connectivity index (χ0) is 9.90. The molecule has 0 spiro atoms. The summed E-state index contributed by atoms with van der Waals surface area (Å²) in [5, 5.41) is 0. The first-order valence-electron chi connectivity index (χ1n) is 4.52. The molecule has 4 heteroatoms. The molecule has 0 aliphatic carbocycles. The summed E-state index contributed by atoms with van der Waals surface area (Å²) in [5.41, 5.74) is -0.122. The average molecular weight is 187 g/mol. The monoisotopic (exact) mass is 187 g/mol. The van der Waals surface area contributed by atoms with Crippen LogP contribution in [0.5, 0.6) is 0 Å². The largest absolute Gasteiger partial charge is 0.453 e. The van der Waals surface area contributed by atoms with Crippen molar-refractivity contribution in [2.24, 2.45) is 0 Å². The lowest BCUT2D eigenvalue weighted by molar-refractivity contribution is -0.00859. The van der Waals surface area contributed by atoms with E-state index in [1.54, 1.807) is 4.90 Å². The van der Waals surface area contributed by atoms with Crippen LogP contribution in [0.1, 0.15) is 20.3 Å². The van der Waals surface area contributed by atoms with E-state index in [9.17, 15) is 4.79 Å². The van der Waals surface area contributed by atoms with E-state index in [1.807, 2.05) is 13.8 Å². The van der Waals surface area contributed by atoms with Crippen molar-refractivity contribution < 1.29 is 14.3 Å². The number of amides is 1. The van der Waals surface area contributed by atoms with Crippen molar-refractivity contribution in [2.45, 2.75) is 25.9 Å². The fourth-order valence-electron chi connectivity index (χ4n) is 1.33. The van der Waals surface area contributed by atoms with Gasteiger partial charge >= 0.3 is 6.09 Å². The zero-order valence-corrected chi connectivity index (χ0v) is 8.50. The second-order valence-corrected chi connectivity index (χ2v) is 3.82. The Balaban J connectivity index is 2.49. The van der Waals surface area contributed by atoms with Gasteiger partial charge < -0.3 is 14.4 Å². The van der Waals surface area contributed by atoms with Gasteiger partial charge in [-0.2, -0.15) is 0 Å². The van der Waals surface area contributed by atoms with Crippen LogP contribution >= 0.6 is 0 Å². The molecule has 1 heterocycles. The van der Waals surface area contributed by atoms with E-state index >= 15 is 0 Å². The van der Waals surface area contributed by atoms with Gasteiger partial charge in [-0.1, -0.05) is 0 Å². The number of hydrogen-bond acceptors (Lipinski definition) is 3. The Bertz CT molecular complexity index is 191. The molecule has 1 aliphatic rings. The Morgan fingerprint density at radius 1 is 1.46 bits per heavy atom. The van der Waals surface area contributed by atoms with Crippen molar-refractivity contribution in [1.29, 1.82) is 0 Å². The van der Waals surface area contributed by atoms with Crippen molar-refractivity contribution in [3.8, 4) is 0 Å². The first kappa shape index (κ1) is 10.3. The molecule has 0 unspecified atom stereocenters. The van der Waals surface area contributed by atoms with Crippen LogP contribution < -0.4 is 0 Å². The molecule has 1 amide bonds. The van der Waals surface area contributed by atoms with E-state index in [1.165, 1.54) is 7.11 Å². The Morgan fingerprint density at radius 3 is 2.77 bits per heavy atom. The average Bonchev–Trinajstić information content (AvgIpc) is 2.25. The van der Waals surface area contributed by atoms with E-state index in [0.29, 0.717) is 19.7 Å². The van der Waals surface area contributed by atoms with Gasteiger partial charge in [0.25, 0.3) is 0 Å². The number of carbonyl (C=O) groups is 1. The normalized spacial score (nSPS) is 22.2. The second kappa shape index (κ2) is 3.96. The van der Waals surface area contributed by atoms with Crippen molar-refractivity contribution in [3.63, 3.8) is 0 Å². The third-order valence-corrected chi connectivity index (χ3v) is 2.27. The molecule has 76 valence electrons. The first-order chi connectivity index (χ1) is 6.05. The molecule has 13 heavy (non-hydrogen) atoms. The molecule has 1 rings (SSSR count). The number of rotatable bonds is 0. The maximum Gasteiger partial charge on any atom is 0.409 e. The Kier molecular flexibility index (Phi) is 3.14. The van der Waals surface area contributed by atoms with Crippen LogP contribution in [0.3, 0.4) is 0 Å². The minimum Gasteiger partial charge on any atom is -0.453 e. The number of methoxy groups -OCH3 is 1. The molecule has 1 saturated heterocycles. The molecular formula is C9H17NO3. The highest BCUT2D eigenvalue weighted by Crippen LogP contribution is 2.18. The molecule has 0 radical (unpaired) electrons. The van der Waals surface area contributed by atoms with Crippen LogP contribution in [0.15, 0.2) is 0 Å². The molecule has 0 bridgehead atoms. The maximum absolute atomic E-state index is 11.2. The number of hydrogen-bond donors (Lipinski definition) is 0. The van der Waals surface area contributed by atoms with Crippen LogP contribution in [0.4, 0.5) is 4.79 Å². The van der Waals surface area contributed by atoms with E-state index in [2.05, 4.69) is 4.74 Å². The molecule has 1 fully saturated rings. The van der Waals surface area contributed by atoms with Gasteiger partial charge in [0.15, 0.2) is 0 Å². The third kappa shape index (κ3) is 2.88. The van der Waals surface area contributed by atoms with E-state index < -0.39 is 0 Å². The van der Waals surface area contributed by atoms with Crippen molar-refractivity contribution in [1.82, 2.24) is 4.90 Å². The highest BCUT2D eigenvalue weighted by molar-refractivity contribution is 5.67. The van der Waals surface area contributed by atoms with Crippen LogP contribution in [-0.4, -0.2) is 43.4 Å². The highest BCUT2D eigenvalue weighted by Gasteiger charge is 2.26. The van der Waals surface area contributed by atoms with E-state index in [0.717, 1.165) is 6.42 Å². The molecule has 0 aromatic carbocycles. The summed E-state index contributed by atoms with van der Waals surface area (Å²) in [6.07, 6.45) is 0.587. The maximum atomic E-state index is 11.2. The molecular weight excluding hydrogens is 170 g/mol. The summed E-state index contributed by atoms with van der Waals surface area (Å²) in [5.74, 6) is 0. The van der Waals surface area contributed by atoms with Crippen molar-refractivity contribution in [3.05, 3.63) is 0 Å². The summed E-state index contributed by atoms with van der Waals surface area (Å²) in [7, 11) is 1.40. The first-order valence-corrected chi connectivity index (χ1v) is 4.52. The van der Waals surface area contributed by atoms with Gasteiger partial charge in [0.1, 0.15) is 0 Å². The van der Waals surface area contributed by atoms with Gasteiger partial charge in [-0.3, -0.25) is 0 Å². The number of carbonyl (C=O) groups excluding carboxylic acids is 1. The minimum absolute atomic E-state index is 0.122. The topological polar surface area (TPSA) is 38.8 Å². The number of ether oxygens (including phenoxy) is 2. The predicted octanol–water partition coefficient (Wildman–Crippen LogP) is 1.25. The van der Waals surface area contributed by atoms with Gasteiger partial charge in [0, 0.05) is 13.1 Å². The quantitative estimate of drug-likeness (QED) is 0.573. The minimum atomic E-state index is -0.263. The molecule has 4 nitrogen and oxygen atoms in total. The van der Waals surface area contributed by atoms with Gasteiger partial charge in [0.2, 0.25) is 0 Å². The molecule has 1 aliphatic heterocycles. The fourth-order valence-corrected chi connectivity index (χ4v) is 1.33. The lowest BCUT2D eigenvalue weighted by Crippen LogP contribution is -2.33. The lowest BCUT2D eigenvalue weighted by atomic mass is 10.1. The molecule has 0 atom stereocenters. The predicted molar refractivity (Wildman–Crippen MR) is 48.6 cm³/mol. The smallest absolute Gasteiger partial charge is 0.409 e. The van der Waals surface area contributed by atoms with Gasteiger partial charge in [-0.25, -0.2) is 4.79 Å². The Morgan fingerprint density at radius 2 is 2.15 bits per heavy atom. The van der Waals surface area contributed by atoms with Crippen molar-refractivity contribution in [2.75, 3.05) is 26.8 Å². The lowest BCUT2D eigenvalue weighted by Gasteiger charge is -2.22. The zero-order valence-electron chi connectivity index (χ0n) is 8.50. The summed E-state index contributed by atoms with van der Waals surface area (Å²) in [6.45, 7) is 5.99. The second-order valence-electron chi connectivity index (χ2n) is 3.82. The van der Waals surface area contributed by atoms with Gasteiger partial charge in [0.05, 0.1) is 19.3 Å².